The Labute approximate surface area is 129 Å². The number of ether oxygens (including phenoxy) is 1. The molecule has 2 atom stereocenters. The van der Waals surface area contributed by atoms with Crippen molar-refractivity contribution in [1.29, 1.82) is 0 Å². The fourth-order valence-corrected chi connectivity index (χ4v) is 3.52. The molecule has 0 saturated carbocycles. The Morgan fingerprint density at radius 2 is 2.10 bits per heavy atom. The van der Waals surface area contributed by atoms with Crippen LogP contribution in [0.2, 0.25) is 0 Å². The third-order valence-electron chi connectivity index (χ3n) is 4.94. The number of likely N-dealkylation sites (tertiary alicyclic amines) is 1. The van der Waals surface area contributed by atoms with Gasteiger partial charge in [-0.25, -0.2) is 0 Å². The Morgan fingerprint density at radius 1 is 1.29 bits per heavy atom. The van der Waals surface area contributed by atoms with Gasteiger partial charge in [0.05, 0.1) is 0 Å². The van der Waals surface area contributed by atoms with E-state index in [0.29, 0.717) is 17.9 Å². The zero-order valence-corrected chi connectivity index (χ0v) is 13.9. The van der Waals surface area contributed by atoms with Gasteiger partial charge in [0.15, 0.2) is 0 Å². The van der Waals surface area contributed by atoms with Crippen LogP contribution in [0.1, 0.15) is 59.3 Å². The van der Waals surface area contributed by atoms with Crippen molar-refractivity contribution in [3.63, 3.8) is 0 Å². The van der Waals surface area contributed by atoms with E-state index in [1.165, 1.54) is 19.3 Å². The second kappa shape index (κ2) is 7.44. The van der Waals surface area contributed by atoms with Crippen molar-refractivity contribution in [2.24, 2.45) is 11.3 Å². The maximum absolute atomic E-state index is 12.6. The molecule has 0 aromatic heterocycles. The first-order valence-electron chi connectivity index (χ1n) is 8.58. The molecule has 21 heavy (non-hydrogen) atoms. The molecule has 1 aliphatic carbocycles. The largest absolute Gasteiger partial charge is 0.369 e. The molecule has 0 bridgehead atoms. The molecule has 1 saturated heterocycles. The van der Waals surface area contributed by atoms with E-state index < -0.39 is 0 Å². The Balaban J connectivity index is 1.85. The first-order valence-corrected chi connectivity index (χ1v) is 8.58. The van der Waals surface area contributed by atoms with Gasteiger partial charge >= 0.3 is 0 Å². The molecular formula is C18H31NO2. The van der Waals surface area contributed by atoms with Gasteiger partial charge in [-0.1, -0.05) is 26.0 Å². The summed E-state index contributed by atoms with van der Waals surface area (Å²) in [7, 11) is 0. The summed E-state index contributed by atoms with van der Waals surface area (Å²) in [5.74, 6) is 0.812. The average Bonchev–Trinajstić information content (AvgIpc) is 2.47. The number of rotatable bonds is 5. The summed E-state index contributed by atoms with van der Waals surface area (Å²) in [5.41, 5.74) is 0.348. The molecule has 0 unspecified atom stereocenters. The number of amides is 1. The number of hydrogen-bond acceptors (Lipinski definition) is 2. The first kappa shape index (κ1) is 16.5. The molecule has 2 aliphatic rings. The van der Waals surface area contributed by atoms with Crippen LogP contribution in [0.5, 0.6) is 0 Å². The molecule has 120 valence electrons. The van der Waals surface area contributed by atoms with Gasteiger partial charge in [0.25, 0.3) is 5.91 Å². The van der Waals surface area contributed by atoms with E-state index >= 15 is 0 Å². The number of carbonyl (C=O) groups excluding carboxylic acids is 1. The van der Waals surface area contributed by atoms with Crippen LogP contribution in [0, 0.1) is 11.3 Å². The first-order chi connectivity index (χ1) is 10.0. The SMILES string of the molecule is CC(C)CCO[C@H](C)C(=O)N1CCC[C@@]2(CC=CCC2)C1. The molecule has 3 heteroatoms. The summed E-state index contributed by atoms with van der Waals surface area (Å²) in [6, 6.07) is 0. The van der Waals surface area contributed by atoms with Gasteiger partial charge in [-0.05, 0) is 56.8 Å². The lowest BCUT2D eigenvalue weighted by molar-refractivity contribution is -0.146. The number of piperidine rings is 1. The summed E-state index contributed by atoms with van der Waals surface area (Å²) in [6.07, 6.45) is 11.3. The second-order valence-corrected chi connectivity index (χ2v) is 7.27. The highest BCUT2D eigenvalue weighted by Gasteiger charge is 2.37. The predicted molar refractivity (Wildman–Crippen MR) is 86.1 cm³/mol. The quantitative estimate of drug-likeness (QED) is 0.722. The van der Waals surface area contributed by atoms with E-state index in [1.807, 2.05) is 6.92 Å². The van der Waals surface area contributed by atoms with Crippen molar-refractivity contribution in [2.75, 3.05) is 19.7 Å². The van der Waals surface area contributed by atoms with Crippen molar-refractivity contribution < 1.29 is 9.53 Å². The summed E-state index contributed by atoms with van der Waals surface area (Å²) in [6.45, 7) is 8.79. The lowest BCUT2D eigenvalue weighted by Gasteiger charge is -2.44. The normalized spacial score (nSPS) is 27.3. The van der Waals surface area contributed by atoms with Gasteiger partial charge < -0.3 is 9.64 Å². The number of allylic oxidation sites excluding steroid dienone is 2. The highest BCUT2D eigenvalue weighted by Crippen LogP contribution is 2.40. The van der Waals surface area contributed by atoms with Crippen LogP contribution in [0.25, 0.3) is 0 Å². The molecule has 1 amide bonds. The molecule has 3 nitrogen and oxygen atoms in total. The van der Waals surface area contributed by atoms with Crippen LogP contribution in [-0.4, -0.2) is 36.6 Å². The van der Waals surface area contributed by atoms with E-state index in [9.17, 15) is 4.79 Å². The molecule has 0 N–H and O–H groups in total. The molecule has 1 fully saturated rings. The molecule has 0 aromatic carbocycles. The smallest absolute Gasteiger partial charge is 0.251 e. The Hall–Kier alpha value is -0.830. The summed E-state index contributed by atoms with van der Waals surface area (Å²) in [4.78, 5) is 14.6. The third-order valence-corrected chi connectivity index (χ3v) is 4.94. The number of nitrogens with zero attached hydrogens (tertiary/aromatic N) is 1. The summed E-state index contributed by atoms with van der Waals surface area (Å²) < 4.78 is 5.74. The zero-order valence-electron chi connectivity index (χ0n) is 13.9. The fourth-order valence-electron chi connectivity index (χ4n) is 3.52. The number of carbonyl (C=O) groups is 1. The van der Waals surface area contributed by atoms with Crippen LogP contribution in [-0.2, 0) is 9.53 Å². The minimum Gasteiger partial charge on any atom is -0.369 e. The van der Waals surface area contributed by atoms with Crippen LogP contribution < -0.4 is 0 Å². The minimum atomic E-state index is -0.293. The second-order valence-electron chi connectivity index (χ2n) is 7.27. The lowest BCUT2D eigenvalue weighted by Crippen LogP contribution is -2.49. The monoisotopic (exact) mass is 293 g/mol. The Kier molecular flexibility index (Phi) is 5.86. The van der Waals surface area contributed by atoms with E-state index in [2.05, 4.69) is 30.9 Å². The van der Waals surface area contributed by atoms with Crippen molar-refractivity contribution in [2.45, 2.75) is 65.4 Å². The summed E-state index contributed by atoms with van der Waals surface area (Å²) >= 11 is 0. The van der Waals surface area contributed by atoms with Gasteiger partial charge in [-0.15, -0.1) is 0 Å². The molecular weight excluding hydrogens is 262 g/mol. The van der Waals surface area contributed by atoms with E-state index in [-0.39, 0.29) is 12.0 Å². The molecule has 1 aliphatic heterocycles. The van der Waals surface area contributed by atoms with Gasteiger partial charge in [-0.3, -0.25) is 4.79 Å². The van der Waals surface area contributed by atoms with Crippen LogP contribution in [0.3, 0.4) is 0 Å². The Bertz CT molecular complexity index is 377. The van der Waals surface area contributed by atoms with E-state index in [4.69, 9.17) is 4.74 Å². The van der Waals surface area contributed by atoms with Crippen molar-refractivity contribution in [3.05, 3.63) is 12.2 Å². The van der Waals surface area contributed by atoms with Gasteiger partial charge in [0, 0.05) is 19.7 Å². The van der Waals surface area contributed by atoms with Gasteiger partial charge in [-0.2, -0.15) is 0 Å². The third kappa shape index (κ3) is 4.57. The van der Waals surface area contributed by atoms with E-state index in [0.717, 1.165) is 32.4 Å². The highest BCUT2D eigenvalue weighted by molar-refractivity contribution is 5.80. The number of hydrogen-bond donors (Lipinski definition) is 0. The van der Waals surface area contributed by atoms with Crippen molar-refractivity contribution >= 4 is 5.91 Å². The van der Waals surface area contributed by atoms with Gasteiger partial charge in [0.2, 0.25) is 0 Å². The molecule has 0 radical (unpaired) electrons. The molecule has 2 rings (SSSR count). The standard InChI is InChI=1S/C18H31NO2/c1-15(2)8-13-21-16(3)17(20)19-12-7-11-18(14-19)9-5-4-6-10-18/h4-5,15-16H,6-14H2,1-3H3/t16-,18+/m1/s1. The van der Waals surface area contributed by atoms with Gasteiger partial charge in [0.1, 0.15) is 6.10 Å². The Morgan fingerprint density at radius 3 is 2.76 bits per heavy atom. The van der Waals surface area contributed by atoms with Crippen LogP contribution >= 0.6 is 0 Å². The predicted octanol–water partition coefficient (Wildman–Crippen LogP) is 3.79. The average molecular weight is 293 g/mol. The molecule has 1 heterocycles. The highest BCUT2D eigenvalue weighted by atomic mass is 16.5. The summed E-state index contributed by atoms with van der Waals surface area (Å²) in [5, 5.41) is 0. The molecule has 0 aromatic rings. The van der Waals surface area contributed by atoms with E-state index in [1.54, 1.807) is 0 Å². The maximum Gasteiger partial charge on any atom is 0.251 e. The van der Waals surface area contributed by atoms with Crippen molar-refractivity contribution in [1.82, 2.24) is 4.90 Å². The molecule has 1 spiro atoms. The van der Waals surface area contributed by atoms with Crippen molar-refractivity contribution in [3.8, 4) is 0 Å². The maximum atomic E-state index is 12.6. The van der Waals surface area contributed by atoms with Crippen LogP contribution in [0.15, 0.2) is 12.2 Å². The fraction of sp³-hybridized carbons (Fsp3) is 0.833. The topological polar surface area (TPSA) is 29.5 Å². The lowest BCUT2D eigenvalue weighted by atomic mass is 9.71. The van der Waals surface area contributed by atoms with Crippen LogP contribution in [0.4, 0.5) is 0 Å². The zero-order chi connectivity index (χ0) is 15.3. The minimum absolute atomic E-state index is 0.187.